The second kappa shape index (κ2) is 7.74. The minimum absolute atomic E-state index is 0.198. The van der Waals surface area contributed by atoms with Crippen molar-refractivity contribution >= 4 is 5.78 Å². The molecule has 102 valence electrons. The molecule has 0 bridgehead atoms. The van der Waals surface area contributed by atoms with Gasteiger partial charge in [0.05, 0.1) is 11.5 Å². The zero-order valence-corrected chi connectivity index (χ0v) is 12.0. The number of carbonyl (C=O) groups excluding carboxylic acids is 1. The molecular weight excluding hydrogens is 234 g/mol. The first-order valence-electron chi connectivity index (χ1n) is 7.06. The topological polar surface area (TPSA) is 40.9 Å². The quantitative estimate of drug-likeness (QED) is 0.696. The fraction of sp³-hybridized carbons (Fsp3) is 0.529. The highest BCUT2D eigenvalue weighted by atomic mass is 16.1. The number of nitriles is 1. The average Bonchev–Trinajstić information content (AvgIpc) is 2.44. The van der Waals surface area contributed by atoms with Gasteiger partial charge in [0.2, 0.25) is 0 Å². The minimum Gasteiger partial charge on any atom is -0.300 e. The second-order valence-corrected chi connectivity index (χ2v) is 5.48. The maximum absolute atomic E-state index is 12.0. The number of unbranched alkanes of at least 4 members (excludes halogenated alkanes) is 1. The maximum atomic E-state index is 12.0. The van der Waals surface area contributed by atoms with Crippen LogP contribution in [-0.4, -0.2) is 5.78 Å². The van der Waals surface area contributed by atoms with E-state index >= 15 is 0 Å². The smallest absolute Gasteiger partial charge is 0.134 e. The summed E-state index contributed by atoms with van der Waals surface area (Å²) in [6.45, 7) is 4.01. The molecule has 0 aliphatic rings. The van der Waals surface area contributed by atoms with Gasteiger partial charge in [-0.05, 0) is 25.3 Å². The SMILES string of the molecule is CCCCC(C)(C#N)CC(=O)CCc1ccccc1. The normalized spacial score (nSPS) is 13.5. The zero-order valence-electron chi connectivity index (χ0n) is 12.0. The number of Topliss-reactive ketones (excluding diaryl/α,β-unsaturated/α-hetero) is 1. The molecule has 1 rings (SSSR count). The molecule has 0 saturated heterocycles. The van der Waals surface area contributed by atoms with E-state index in [1.54, 1.807) is 0 Å². The van der Waals surface area contributed by atoms with Crippen molar-refractivity contribution in [3.05, 3.63) is 35.9 Å². The van der Waals surface area contributed by atoms with E-state index in [-0.39, 0.29) is 5.78 Å². The van der Waals surface area contributed by atoms with E-state index in [1.165, 1.54) is 5.56 Å². The van der Waals surface area contributed by atoms with Crippen molar-refractivity contribution in [2.45, 2.75) is 52.4 Å². The Morgan fingerprint density at radius 3 is 2.58 bits per heavy atom. The predicted molar refractivity (Wildman–Crippen MR) is 77.6 cm³/mol. The first kappa shape index (κ1) is 15.4. The van der Waals surface area contributed by atoms with Gasteiger partial charge in [-0.1, -0.05) is 50.1 Å². The summed E-state index contributed by atoms with van der Waals surface area (Å²) < 4.78 is 0. The van der Waals surface area contributed by atoms with E-state index in [0.29, 0.717) is 12.8 Å². The molecule has 19 heavy (non-hydrogen) atoms. The molecule has 0 saturated carbocycles. The van der Waals surface area contributed by atoms with Crippen LogP contribution in [0.4, 0.5) is 0 Å². The Morgan fingerprint density at radius 2 is 2.00 bits per heavy atom. The van der Waals surface area contributed by atoms with Crippen LogP contribution in [0.2, 0.25) is 0 Å². The summed E-state index contributed by atoms with van der Waals surface area (Å²) in [7, 11) is 0. The van der Waals surface area contributed by atoms with E-state index in [4.69, 9.17) is 0 Å². The van der Waals surface area contributed by atoms with Crippen LogP contribution in [0, 0.1) is 16.7 Å². The summed E-state index contributed by atoms with van der Waals surface area (Å²) in [4.78, 5) is 12.0. The fourth-order valence-electron chi connectivity index (χ4n) is 2.20. The lowest BCUT2D eigenvalue weighted by molar-refractivity contribution is -0.120. The highest BCUT2D eigenvalue weighted by Gasteiger charge is 2.26. The Bertz CT molecular complexity index is 432. The fourth-order valence-corrected chi connectivity index (χ4v) is 2.20. The van der Waals surface area contributed by atoms with Crippen LogP contribution < -0.4 is 0 Å². The summed E-state index contributed by atoms with van der Waals surface area (Å²) >= 11 is 0. The molecular formula is C17H23NO. The number of hydrogen-bond acceptors (Lipinski definition) is 2. The van der Waals surface area contributed by atoms with E-state index in [1.807, 2.05) is 37.3 Å². The Balaban J connectivity index is 2.43. The van der Waals surface area contributed by atoms with Crippen molar-refractivity contribution in [1.29, 1.82) is 5.26 Å². The summed E-state index contributed by atoms with van der Waals surface area (Å²) in [6.07, 6.45) is 4.58. The van der Waals surface area contributed by atoms with Crippen LogP contribution in [0.15, 0.2) is 30.3 Å². The molecule has 0 radical (unpaired) electrons. The van der Waals surface area contributed by atoms with Crippen LogP contribution in [0.5, 0.6) is 0 Å². The molecule has 2 heteroatoms. The first-order valence-corrected chi connectivity index (χ1v) is 7.06. The molecule has 1 aromatic carbocycles. The summed E-state index contributed by atoms with van der Waals surface area (Å²) in [5.41, 5.74) is 0.701. The van der Waals surface area contributed by atoms with Gasteiger partial charge in [0.15, 0.2) is 0 Å². The summed E-state index contributed by atoms with van der Waals surface area (Å²) in [6, 6.07) is 12.3. The van der Waals surface area contributed by atoms with Gasteiger partial charge in [0, 0.05) is 12.8 Å². The highest BCUT2D eigenvalue weighted by molar-refractivity contribution is 5.79. The molecule has 1 unspecified atom stereocenters. The number of carbonyl (C=O) groups is 1. The van der Waals surface area contributed by atoms with Crippen molar-refractivity contribution in [3.63, 3.8) is 0 Å². The molecule has 0 aromatic heterocycles. The van der Waals surface area contributed by atoms with E-state index < -0.39 is 5.41 Å². The number of ketones is 1. The number of rotatable bonds is 8. The van der Waals surface area contributed by atoms with Gasteiger partial charge in [-0.15, -0.1) is 0 Å². The Hall–Kier alpha value is -1.62. The predicted octanol–water partition coefficient (Wildman–Crippen LogP) is 4.30. The third kappa shape index (κ3) is 5.70. The number of benzene rings is 1. The molecule has 0 fully saturated rings. The standard InChI is InChI=1S/C17H23NO/c1-3-4-12-17(2,14-18)13-16(19)11-10-15-8-6-5-7-9-15/h5-9H,3-4,10-13H2,1-2H3. The third-order valence-corrected chi connectivity index (χ3v) is 3.47. The van der Waals surface area contributed by atoms with Crippen LogP contribution >= 0.6 is 0 Å². The van der Waals surface area contributed by atoms with E-state index in [2.05, 4.69) is 13.0 Å². The average molecular weight is 257 g/mol. The van der Waals surface area contributed by atoms with Crippen LogP contribution in [0.1, 0.15) is 51.5 Å². The zero-order chi connectivity index (χ0) is 14.1. The Kier molecular flexibility index (Phi) is 6.29. The number of nitrogens with zero attached hydrogens (tertiary/aromatic N) is 1. The first-order chi connectivity index (χ1) is 9.09. The highest BCUT2D eigenvalue weighted by Crippen LogP contribution is 2.28. The van der Waals surface area contributed by atoms with E-state index in [0.717, 1.165) is 25.7 Å². The van der Waals surface area contributed by atoms with Crippen molar-refractivity contribution < 1.29 is 4.79 Å². The van der Waals surface area contributed by atoms with Gasteiger partial charge in [-0.2, -0.15) is 5.26 Å². The van der Waals surface area contributed by atoms with Gasteiger partial charge in [0.1, 0.15) is 5.78 Å². The van der Waals surface area contributed by atoms with Crippen LogP contribution in [0.25, 0.3) is 0 Å². The lowest BCUT2D eigenvalue weighted by Gasteiger charge is -2.20. The van der Waals surface area contributed by atoms with E-state index in [9.17, 15) is 10.1 Å². The molecule has 2 nitrogen and oxygen atoms in total. The minimum atomic E-state index is -0.482. The van der Waals surface area contributed by atoms with Crippen molar-refractivity contribution in [1.82, 2.24) is 0 Å². The van der Waals surface area contributed by atoms with Gasteiger partial charge in [0.25, 0.3) is 0 Å². The number of aryl methyl sites for hydroxylation is 1. The molecule has 0 heterocycles. The monoisotopic (exact) mass is 257 g/mol. The molecule has 0 aliphatic carbocycles. The van der Waals surface area contributed by atoms with Gasteiger partial charge < -0.3 is 0 Å². The lowest BCUT2D eigenvalue weighted by Crippen LogP contribution is -2.19. The van der Waals surface area contributed by atoms with Crippen molar-refractivity contribution in [2.75, 3.05) is 0 Å². The second-order valence-electron chi connectivity index (χ2n) is 5.48. The van der Waals surface area contributed by atoms with Crippen molar-refractivity contribution in [3.8, 4) is 6.07 Å². The molecule has 1 aromatic rings. The summed E-state index contributed by atoms with van der Waals surface area (Å²) in [5.74, 6) is 0.198. The molecule has 0 spiro atoms. The Labute approximate surface area is 116 Å². The van der Waals surface area contributed by atoms with Crippen LogP contribution in [-0.2, 0) is 11.2 Å². The summed E-state index contributed by atoms with van der Waals surface area (Å²) in [5, 5.41) is 9.24. The third-order valence-electron chi connectivity index (χ3n) is 3.47. The molecule has 1 atom stereocenters. The molecule has 0 N–H and O–H groups in total. The lowest BCUT2D eigenvalue weighted by atomic mass is 9.81. The van der Waals surface area contributed by atoms with Gasteiger partial charge in [-0.25, -0.2) is 0 Å². The largest absolute Gasteiger partial charge is 0.300 e. The van der Waals surface area contributed by atoms with Crippen molar-refractivity contribution in [2.24, 2.45) is 5.41 Å². The Morgan fingerprint density at radius 1 is 1.32 bits per heavy atom. The number of hydrogen-bond donors (Lipinski definition) is 0. The maximum Gasteiger partial charge on any atom is 0.134 e. The van der Waals surface area contributed by atoms with Gasteiger partial charge >= 0.3 is 0 Å². The van der Waals surface area contributed by atoms with Gasteiger partial charge in [-0.3, -0.25) is 4.79 Å². The molecule has 0 amide bonds. The molecule has 0 aliphatic heterocycles. The van der Waals surface area contributed by atoms with Crippen LogP contribution in [0.3, 0.4) is 0 Å².